The highest BCUT2D eigenvalue weighted by Crippen LogP contribution is 2.03. The number of carbonyl (C=O) groups excluding carboxylic acids is 1. The molecule has 0 radical (unpaired) electrons. The summed E-state index contributed by atoms with van der Waals surface area (Å²) in [6.07, 6.45) is 1.74. The fraction of sp³-hybridized carbons (Fsp3) is 0. The van der Waals surface area contributed by atoms with Gasteiger partial charge in [-0.05, 0) is 23.6 Å². The molecule has 0 aliphatic carbocycles. The molecular weight excluding hydrogens is 162 g/mol. The summed E-state index contributed by atoms with van der Waals surface area (Å²) >= 11 is 0. The third-order valence-corrected chi connectivity index (χ3v) is 1.48. The molecule has 1 aromatic carbocycles. The number of primary amides is 1. The number of carbonyl (C=O) groups is 1. The lowest BCUT2D eigenvalue weighted by atomic mass is 10.1. The van der Waals surface area contributed by atoms with Crippen molar-refractivity contribution in [3.63, 3.8) is 0 Å². The van der Waals surface area contributed by atoms with Gasteiger partial charge in [-0.2, -0.15) is 0 Å². The number of hydrogen-bond donors (Lipinski definition) is 1. The van der Waals surface area contributed by atoms with Crippen molar-refractivity contribution in [1.82, 2.24) is 0 Å². The molecule has 0 spiro atoms. The van der Waals surface area contributed by atoms with Crippen LogP contribution in [0.25, 0.3) is 6.08 Å². The highest BCUT2D eigenvalue weighted by molar-refractivity contribution is 5.92. The summed E-state index contributed by atoms with van der Waals surface area (Å²) in [6, 6.07) is 7.37. The molecule has 0 aliphatic heterocycles. The number of hydrogen-bond acceptors (Lipinski definition) is 1. The van der Waals surface area contributed by atoms with E-state index < -0.39 is 5.91 Å². The van der Waals surface area contributed by atoms with Crippen molar-refractivity contribution in [1.29, 1.82) is 0 Å². The van der Waals surface area contributed by atoms with Gasteiger partial charge in [-0.25, -0.2) is 0 Å². The Labute approximate surface area is 77.1 Å². The average Bonchev–Trinajstić information content (AvgIpc) is 2.15. The van der Waals surface area contributed by atoms with Crippen LogP contribution in [0.2, 0.25) is 0 Å². The molecule has 0 saturated heterocycles. The molecule has 13 heavy (non-hydrogen) atoms. The van der Waals surface area contributed by atoms with Gasteiger partial charge in [-0.15, -0.1) is 0 Å². The Balaban J connectivity index is 2.88. The molecule has 0 unspecified atom stereocenters. The number of nitrogens with two attached hydrogens (primary N) is 1. The molecule has 1 amide bonds. The average molecular weight is 171 g/mol. The van der Waals surface area contributed by atoms with Crippen LogP contribution >= 0.6 is 0 Å². The standard InChI is InChI=1S/C11H9NO/c1-2-9-3-5-10(6-4-9)7-8-11(12)13/h2-6H,1H2,(H2,12,13). The second kappa shape index (κ2) is 4.13. The van der Waals surface area contributed by atoms with Gasteiger partial charge in [0.15, 0.2) is 0 Å². The maximum absolute atomic E-state index is 10.3. The van der Waals surface area contributed by atoms with Gasteiger partial charge in [-0.3, -0.25) is 4.79 Å². The van der Waals surface area contributed by atoms with Gasteiger partial charge in [0, 0.05) is 5.56 Å². The van der Waals surface area contributed by atoms with Crippen molar-refractivity contribution in [2.75, 3.05) is 0 Å². The topological polar surface area (TPSA) is 43.1 Å². The van der Waals surface area contributed by atoms with Crippen LogP contribution in [0, 0.1) is 11.8 Å². The normalized spacial score (nSPS) is 8.31. The Morgan fingerprint density at radius 3 is 2.46 bits per heavy atom. The summed E-state index contributed by atoms with van der Waals surface area (Å²) < 4.78 is 0. The van der Waals surface area contributed by atoms with Crippen LogP contribution in [0.4, 0.5) is 0 Å². The van der Waals surface area contributed by atoms with Crippen molar-refractivity contribution < 1.29 is 4.79 Å². The first kappa shape index (κ1) is 9.08. The molecule has 0 bridgehead atoms. The summed E-state index contributed by atoms with van der Waals surface area (Å²) in [7, 11) is 0. The van der Waals surface area contributed by atoms with Gasteiger partial charge >= 0.3 is 0 Å². The van der Waals surface area contributed by atoms with Crippen LogP contribution in [0.1, 0.15) is 11.1 Å². The molecule has 2 heteroatoms. The van der Waals surface area contributed by atoms with E-state index in [1.807, 2.05) is 24.3 Å². The van der Waals surface area contributed by atoms with Gasteiger partial charge in [0.2, 0.25) is 0 Å². The molecule has 0 heterocycles. The lowest BCUT2D eigenvalue weighted by Crippen LogP contribution is -2.06. The fourth-order valence-electron chi connectivity index (χ4n) is 0.836. The Morgan fingerprint density at radius 2 is 2.00 bits per heavy atom. The van der Waals surface area contributed by atoms with E-state index in [4.69, 9.17) is 5.73 Å². The molecule has 2 N–H and O–H groups in total. The maximum Gasteiger partial charge on any atom is 0.293 e. The quantitative estimate of drug-likeness (QED) is 0.633. The van der Waals surface area contributed by atoms with Crippen molar-refractivity contribution in [3.8, 4) is 11.8 Å². The zero-order chi connectivity index (χ0) is 9.68. The number of benzene rings is 1. The fourth-order valence-corrected chi connectivity index (χ4v) is 0.836. The van der Waals surface area contributed by atoms with E-state index in [9.17, 15) is 4.79 Å². The molecule has 2 nitrogen and oxygen atoms in total. The molecule has 0 saturated carbocycles. The summed E-state index contributed by atoms with van der Waals surface area (Å²) in [5.74, 6) is 4.28. The predicted molar refractivity (Wildman–Crippen MR) is 52.6 cm³/mol. The summed E-state index contributed by atoms with van der Waals surface area (Å²) in [5, 5.41) is 0. The minimum Gasteiger partial charge on any atom is -0.359 e. The van der Waals surface area contributed by atoms with Crippen molar-refractivity contribution in [2.24, 2.45) is 5.73 Å². The first-order valence-corrected chi connectivity index (χ1v) is 3.76. The molecule has 0 fully saturated rings. The molecule has 0 atom stereocenters. The second-order valence-electron chi connectivity index (χ2n) is 2.44. The van der Waals surface area contributed by atoms with Crippen LogP contribution in [0.5, 0.6) is 0 Å². The van der Waals surface area contributed by atoms with Crippen molar-refractivity contribution >= 4 is 12.0 Å². The van der Waals surface area contributed by atoms with Gasteiger partial charge in [0.05, 0.1) is 0 Å². The van der Waals surface area contributed by atoms with Crippen molar-refractivity contribution in [3.05, 3.63) is 42.0 Å². The molecule has 64 valence electrons. The minimum atomic E-state index is -0.618. The third kappa shape index (κ3) is 2.84. The van der Waals surface area contributed by atoms with Crippen LogP contribution in [0.3, 0.4) is 0 Å². The van der Waals surface area contributed by atoms with Crippen LogP contribution < -0.4 is 5.73 Å². The first-order valence-electron chi connectivity index (χ1n) is 3.76. The van der Waals surface area contributed by atoms with Gasteiger partial charge in [0.1, 0.15) is 0 Å². The Hall–Kier alpha value is -2.01. The minimum absolute atomic E-state index is 0.618. The molecule has 0 aromatic heterocycles. The summed E-state index contributed by atoms with van der Waals surface area (Å²) in [4.78, 5) is 10.3. The molecule has 1 aromatic rings. The van der Waals surface area contributed by atoms with Crippen LogP contribution in [-0.2, 0) is 4.79 Å². The van der Waals surface area contributed by atoms with E-state index in [1.54, 1.807) is 6.08 Å². The SMILES string of the molecule is C=Cc1ccc(C#CC(N)=O)cc1. The second-order valence-corrected chi connectivity index (χ2v) is 2.44. The number of rotatable bonds is 1. The van der Waals surface area contributed by atoms with Gasteiger partial charge in [-0.1, -0.05) is 30.7 Å². The van der Waals surface area contributed by atoms with Crippen molar-refractivity contribution in [2.45, 2.75) is 0 Å². The highest BCUT2D eigenvalue weighted by Gasteiger charge is 1.87. The van der Waals surface area contributed by atoms with E-state index in [-0.39, 0.29) is 0 Å². The van der Waals surface area contributed by atoms with E-state index >= 15 is 0 Å². The zero-order valence-electron chi connectivity index (χ0n) is 7.08. The molecule has 0 aliphatic rings. The lowest BCUT2D eigenvalue weighted by Gasteiger charge is -1.91. The molecule has 1 rings (SSSR count). The Bertz CT molecular complexity index is 379. The first-order chi connectivity index (χ1) is 6.22. The number of amides is 1. The smallest absolute Gasteiger partial charge is 0.293 e. The largest absolute Gasteiger partial charge is 0.359 e. The van der Waals surface area contributed by atoms with E-state index in [0.29, 0.717) is 0 Å². The molecular formula is C11H9NO. The third-order valence-electron chi connectivity index (χ3n) is 1.48. The zero-order valence-corrected chi connectivity index (χ0v) is 7.08. The highest BCUT2D eigenvalue weighted by atomic mass is 16.1. The predicted octanol–water partition coefficient (Wildman–Crippen LogP) is 1.17. The lowest BCUT2D eigenvalue weighted by molar-refractivity contribution is -0.112. The van der Waals surface area contributed by atoms with E-state index in [2.05, 4.69) is 18.4 Å². The van der Waals surface area contributed by atoms with Gasteiger partial charge in [0.25, 0.3) is 5.91 Å². The Morgan fingerprint density at radius 1 is 1.38 bits per heavy atom. The van der Waals surface area contributed by atoms with E-state index in [1.165, 1.54) is 0 Å². The van der Waals surface area contributed by atoms with Crippen LogP contribution in [-0.4, -0.2) is 5.91 Å². The summed E-state index contributed by atoms with van der Waals surface area (Å²) in [5.41, 5.74) is 6.65. The van der Waals surface area contributed by atoms with Gasteiger partial charge < -0.3 is 5.73 Å². The monoisotopic (exact) mass is 171 g/mol. The maximum atomic E-state index is 10.3. The van der Waals surface area contributed by atoms with Crippen LogP contribution in [0.15, 0.2) is 30.8 Å². The van der Waals surface area contributed by atoms with E-state index in [0.717, 1.165) is 11.1 Å². The Kier molecular flexibility index (Phi) is 2.88. The summed E-state index contributed by atoms with van der Waals surface area (Å²) in [6.45, 7) is 3.62.